The fourth-order valence-corrected chi connectivity index (χ4v) is 11.9. The minimum atomic E-state index is -0.455. The van der Waals surface area contributed by atoms with Gasteiger partial charge in [-0.2, -0.15) is 0 Å². The maximum absolute atomic E-state index is 12.9. The van der Waals surface area contributed by atoms with Crippen LogP contribution in [0.1, 0.15) is 67.2 Å². The van der Waals surface area contributed by atoms with Crippen LogP contribution in [0.15, 0.2) is 58.0 Å². The van der Waals surface area contributed by atoms with Gasteiger partial charge in [-0.25, -0.2) is 39.5 Å². The second-order valence-corrected chi connectivity index (χ2v) is 22.1. The number of hydrogen-bond donors (Lipinski definition) is 2. The first-order valence-electron chi connectivity index (χ1n) is 24.0. The molecule has 3 saturated heterocycles. The van der Waals surface area contributed by atoms with Crippen LogP contribution in [0, 0.1) is 10.8 Å². The number of carbonyl (C=O) groups is 4. The summed E-state index contributed by atoms with van der Waals surface area (Å²) in [7, 11) is 2.00. The summed E-state index contributed by atoms with van der Waals surface area (Å²) in [5.74, 6) is 1.06. The minimum absolute atomic E-state index is 0.0229. The summed E-state index contributed by atoms with van der Waals surface area (Å²) >= 11 is 10.2. The number of carbonyl (C=O) groups excluding carboxylic acids is 4. The van der Waals surface area contributed by atoms with Gasteiger partial charge in [-0.05, 0) is 142 Å². The normalized spacial score (nSPS) is 16.9. The summed E-state index contributed by atoms with van der Waals surface area (Å²) in [6.45, 7) is 17.4. The Morgan fingerprint density at radius 2 is 1.15 bits per heavy atom. The molecular weight excluding hydrogens is 1090 g/mol. The van der Waals surface area contributed by atoms with Gasteiger partial charge in [0, 0.05) is 84.1 Å². The van der Waals surface area contributed by atoms with Crippen LogP contribution in [-0.2, 0) is 19.1 Å². The predicted molar refractivity (Wildman–Crippen MR) is 290 cm³/mol. The monoisotopic (exact) mass is 1150 g/mol. The van der Waals surface area contributed by atoms with E-state index < -0.39 is 10.8 Å². The third kappa shape index (κ3) is 11.6. The molecule has 4 amide bonds. The topological polar surface area (TPSA) is 204 Å². The van der Waals surface area contributed by atoms with E-state index in [1.54, 1.807) is 22.2 Å². The number of piperidine rings is 2. The fourth-order valence-electron chi connectivity index (χ4n) is 8.71. The van der Waals surface area contributed by atoms with Crippen molar-refractivity contribution in [2.75, 3.05) is 92.9 Å². The van der Waals surface area contributed by atoms with Crippen molar-refractivity contribution in [1.82, 2.24) is 45.0 Å². The van der Waals surface area contributed by atoms with Crippen LogP contribution in [0.3, 0.4) is 0 Å². The molecule has 2 aromatic carbocycles. The van der Waals surface area contributed by atoms with Crippen LogP contribution in [0.4, 0.5) is 31.7 Å². The van der Waals surface area contributed by atoms with E-state index in [0.29, 0.717) is 114 Å². The highest BCUT2D eigenvalue weighted by Gasteiger charge is 2.40. The molecule has 0 unspecified atom stereocenters. The second kappa shape index (κ2) is 22.7. The molecule has 3 fully saturated rings. The van der Waals surface area contributed by atoms with Crippen molar-refractivity contribution in [3.8, 4) is 22.3 Å². The lowest BCUT2D eigenvalue weighted by molar-refractivity contribution is -0.156. The van der Waals surface area contributed by atoms with Gasteiger partial charge < -0.3 is 29.5 Å². The van der Waals surface area contributed by atoms with E-state index in [9.17, 15) is 19.2 Å². The molecule has 9 rings (SSSR count). The van der Waals surface area contributed by atoms with Crippen LogP contribution in [0.5, 0.6) is 0 Å². The Labute approximate surface area is 443 Å². The van der Waals surface area contributed by atoms with Gasteiger partial charge in [-0.3, -0.25) is 24.7 Å². The number of rotatable bonds is 12. The number of benzene rings is 2. The number of aromatic nitrogens is 6. The molecular formula is C49H59Br2N13O6S2. The van der Waals surface area contributed by atoms with E-state index in [4.69, 9.17) is 14.5 Å². The van der Waals surface area contributed by atoms with E-state index >= 15 is 0 Å². The van der Waals surface area contributed by atoms with Crippen LogP contribution in [0.2, 0.25) is 0 Å². The highest BCUT2D eigenvalue weighted by molar-refractivity contribution is 9.11. The molecule has 3 aliphatic heterocycles. The highest BCUT2D eigenvalue weighted by Crippen LogP contribution is 2.40. The van der Waals surface area contributed by atoms with Crippen molar-refractivity contribution in [3.05, 3.63) is 58.0 Å². The zero-order chi connectivity index (χ0) is 51.3. The van der Waals surface area contributed by atoms with Gasteiger partial charge in [0.05, 0.1) is 57.8 Å². The number of nitrogens with one attached hydrogen (secondary N) is 2. The number of amides is 4. The molecule has 0 bridgehead atoms. The number of thiazole rings is 2. The van der Waals surface area contributed by atoms with Crippen molar-refractivity contribution in [1.29, 1.82) is 0 Å². The Bertz CT molecular complexity index is 2920. The molecule has 382 valence electrons. The maximum atomic E-state index is 12.9. The van der Waals surface area contributed by atoms with E-state index in [-0.39, 0.29) is 24.0 Å². The lowest BCUT2D eigenvalue weighted by Crippen LogP contribution is -2.56. The smallest absolute Gasteiger partial charge is 0.328 e. The summed E-state index contributed by atoms with van der Waals surface area (Å²) in [4.78, 5) is 87.0. The Balaban J connectivity index is 0.000000194. The quantitative estimate of drug-likeness (QED) is 0.110. The maximum Gasteiger partial charge on any atom is 0.328 e. The highest BCUT2D eigenvalue weighted by atomic mass is 79.9. The first-order valence-corrected chi connectivity index (χ1v) is 27.3. The number of ether oxygens (including phenoxy) is 2. The third-order valence-electron chi connectivity index (χ3n) is 13.1. The number of esters is 2. The zero-order valence-electron chi connectivity index (χ0n) is 41.5. The van der Waals surface area contributed by atoms with Crippen LogP contribution in [-0.4, -0.2) is 137 Å². The van der Waals surface area contributed by atoms with E-state index in [0.717, 1.165) is 51.6 Å². The Kier molecular flexibility index (Phi) is 16.6. The summed E-state index contributed by atoms with van der Waals surface area (Å²) in [5, 5.41) is 6.67. The van der Waals surface area contributed by atoms with Gasteiger partial charge in [0.25, 0.3) is 0 Å². The summed E-state index contributed by atoms with van der Waals surface area (Å²) in [6, 6.07) is 7.72. The Morgan fingerprint density at radius 3 is 1.61 bits per heavy atom. The zero-order valence-corrected chi connectivity index (χ0v) is 46.3. The molecule has 3 aliphatic rings. The molecule has 0 radical (unpaired) electrons. The van der Waals surface area contributed by atoms with Crippen molar-refractivity contribution in [3.63, 3.8) is 0 Å². The number of anilines is 4. The van der Waals surface area contributed by atoms with Crippen molar-refractivity contribution in [2.45, 2.75) is 67.2 Å². The summed E-state index contributed by atoms with van der Waals surface area (Å²) in [5.41, 5.74) is 4.30. The van der Waals surface area contributed by atoms with Gasteiger partial charge in [-0.15, -0.1) is 0 Å². The van der Waals surface area contributed by atoms with Crippen molar-refractivity contribution >= 4 is 121 Å². The minimum Gasteiger partial charge on any atom is -0.466 e. The number of nitrogens with zero attached hydrogens (tertiary/aromatic N) is 11. The molecule has 0 spiro atoms. The van der Waals surface area contributed by atoms with Crippen LogP contribution < -0.4 is 25.3 Å². The number of hydrogen-bond acceptors (Lipinski definition) is 17. The largest absolute Gasteiger partial charge is 0.466 e. The second-order valence-electron chi connectivity index (χ2n) is 18.4. The number of halogens is 2. The molecule has 0 atom stereocenters. The predicted octanol–water partition coefficient (Wildman–Crippen LogP) is 9.62. The van der Waals surface area contributed by atoms with E-state index in [2.05, 4.69) is 82.1 Å². The third-order valence-corrected chi connectivity index (χ3v) is 17.0. The lowest BCUT2D eigenvalue weighted by Gasteiger charge is -2.38. The van der Waals surface area contributed by atoms with E-state index in [1.807, 2.05) is 85.2 Å². The van der Waals surface area contributed by atoms with Crippen LogP contribution >= 0.6 is 54.5 Å². The molecule has 0 aliphatic carbocycles. The van der Waals surface area contributed by atoms with Crippen LogP contribution in [0.25, 0.3) is 42.7 Å². The Morgan fingerprint density at radius 1 is 0.681 bits per heavy atom. The van der Waals surface area contributed by atoms with E-state index in [1.165, 1.54) is 22.7 Å². The average molecular weight is 1150 g/mol. The summed E-state index contributed by atoms with van der Waals surface area (Å²) in [6.07, 6.45) is 10.1. The lowest BCUT2D eigenvalue weighted by atomic mass is 9.80. The molecule has 23 heteroatoms. The van der Waals surface area contributed by atoms with Gasteiger partial charge in [0.2, 0.25) is 11.9 Å². The molecule has 6 aromatic rings. The van der Waals surface area contributed by atoms with Crippen molar-refractivity contribution in [2.24, 2.45) is 10.8 Å². The first kappa shape index (κ1) is 52.7. The molecule has 7 heterocycles. The molecule has 19 nitrogen and oxygen atoms in total. The number of fused-ring (bicyclic) bond motifs is 2. The molecule has 2 N–H and O–H groups in total. The molecule has 4 aromatic heterocycles. The van der Waals surface area contributed by atoms with Gasteiger partial charge >= 0.3 is 24.0 Å². The number of urea groups is 2. The molecule has 0 saturated carbocycles. The van der Waals surface area contributed by atoms with Gasteiger partial charge in [0.15, 0.2) is 10.3 Å². The Hall–Kier alpha value is -5.62. The average Bonchev–Trinajstić information content (AvgIpc) is 4.00. The fraction of sp³-hybridized carbons (Fsp3) is 0.469. The van der Waals surface area contributed by atoms with Crippen molar-refractivity contribution < 1.29 is 28.7 Å². The van der Waals surface area contributed by atoms with Gasteiger partial charge in [0.1, 0.15) is 0 Å². The summed E-state index contributed by atoms with van der Waals surface area (Å²) < 4.78 is 14.2. The standard InChI is InChI=1S/C26H32BrN7O3S.C23H27BrN6O3S/c1-5-32-15-31(4)16-34(25(32)36)24-30-20-12-17(11-19(27)21(20)38-24)18-13-28-23(29-14-18)33-9-7-26(3,8-10-33)22(35)37-6-2;1-4-25-21(32)29-22-28-17-11-14(10-16(24)18(17)34-22)15-12-26-20(27-13-15)30-8-6-23(3,7-9-30)19(31)33-5-2/h11-14H,5-10,15-16H2,1-4H3;10-13H,4-9H2,1-3H3,(H2,25,28,29,32). The SMILES string of the molecule is CCNC(=O)Nc1nc2cc(-c3cnc(N4CCC(C)(C(=O)OCC)CC4)nc3)cc(Br)c2s1.CCOC(=O)C1(C)CCN(c2ncc(-c3cc(Br)c4sc(N5CN(C)CN(CC)C5=O)nc4c3)cn2)CC1. The first-order chi connectivity index (χ1) is 34.5. The molecule has 72 heavy (non-hydrogen) atoms. The van der Waals surface area contributed by atoms with Gasteiger partial charge in [-0.1, -0.05) is 22.7 Å².